The smallest absolute Gasteiger partial charge is 0.416 e. The van der Waals surface area contributed by atoms with Crippen LogP contribution in [-0.4, -0.2) is 83.0 Å². The van der Waals surface area contributed by atoms with Gasteiger partial charge in [0.1, 0.15) is 5.60 Å². The fourth-order valence-corrected chi connectivity index (χ4v) is 5.79. The van der Waals surface area contributed by atoms with Crippen LogP contribution in [0.25, 0.3) is 0 Å². The first kappa shape index (κ1) is 28.5. The molecule has 1 unspecified atom stereocenters. The van der Waals surface area contributed by atoms with E-state index in [1.807, 2.05) is 20.8 Å². The molecule has 1 aromatic carbocycles. The summed E-state index contributed by atoms with van der Waals surface area (Å²) in [6, 6.07) is 4.03. The Morgan fingerprint density at radius 1 is 1.05 bits per heavy atom. The number of carbonyl (C=O) groups is 2. The topological polar surface area (TPSA) is 82.5 Å². The molecule has 1 N–H and O–H groups in total. The molecule has 3 aliphatic rings. The first-order valence-electron chi connectivity index (χ1n) is 13.2. The molecule has 11 heteroatoms. The highest BCUT2D eigenvalue weighted by Crippen LogP contribution is 2.41. The molecule has 3 heterocycles. The molecule has 4 rings (SSSR count). The predicted octanol–water partition coefficient (Wildman–Crippen LogP) is 4.75. The fourth-order valence-electron chi connectivity index (χ4n) is 5.79. The first-order valence-corrected chi connectivity index (χ1v) is 13.2. The van der Waals surface area contributed by atoms with E-state index >= 15 is 0 Å². The van der Waals surface area contributed by atoms with Crippen LogP contribution in [0.3, 0.4) is 0 Å². The molecule has 8 nitrogen and oxygen atoms in total. The Kier molecular flexibility index (Phi) is 7.66. The second kappa shape index (κ2) is 10.2. The van der Waals surface area contributed by atoms with Gasteiger partial charge in [0, 0.05) is 37.4 Å². The number of ether oxygens (including phenoxy) is 2. The van der Waals surface area contributed by atoms with E-state index in [4.69, 9.17) is 9.47 Å². The maximum absolute atomic E-state index is 13.9. The van der Waals surface area contributed by atoms with E-state index in [-0.39, 0.29) is 24.8 Å². The van der Waals surface area contributed by atoms with Crippen LogP contribution in [-0.2, 0) is 27.0 Å². The number of hydrogen-bond donors (Lipinski definition) is 1. The summed E-state index contributed by atoms with van der Waals surface area (Å²) in [4.78, 5) is 29.9. The Balaban J connectivity index is 1.53. The maximum atomic E-state index is 13.9. The van der Waals surface area contributed by atoms with Gasteiger partial charge >= 0.3 is 18.2 Å². The van der Waals surface area contributed by atoms with Gasteiger partial charge in [-0.1, -0.05) is 0 Å². The molecular weight excluding hydrogens is 503 g/mol. The van der Waals surface area contributed by atoms with Gasteiger partial charge in [-0.15, -0.1) is 0 Å². The van der Waals surface area contributed by atoms with Crippen LogP contribution in [0.5, 0.6) is 0 Å². The summed E-state index contributed by atoms with van der Waals surface area (Å²) in [6.45, 7) is 9.50. The zero-order chi connectivity index (χ0) is 27.9. The number of carboxylic acid groups (broad SMARTS) is 1. The molecule has 1 amide bonds. The minimum Gasteiger partial charge on any atom is -0.479 e. The number of benzene rings is 1. The highest BCUT2D eigenvalue weighted by molar-refractivity contribution is 5.78. The van der Waals surface area contributed by atoms with E-state index in [0.717, 1.165) is 38.3 Å². The van der Waals surface area contributed by atoms with Gasteiger partial charge in [0.15, 0.2) is 5.60 Å². The number of carbonyl (C=O) groups excluding carboxylic acids is 1. The number of morpholine rings is 1. The minimum atomic E-state index is -4.53. The summed E-state index contributed by atoms with van der Waals surface area (Å²) >= 11 is 0. The van der Waals surface area contributed by atoms with Gasteiger partial charge in [0.2, 0.25) is 0 Å². The second-order valence-electron chi connectivity index (χ2n) is 11.9. The Morgan fingerprint density at radius 3 is 2.34 bits per heavy atom. The number of alkyl halides is 3. The number of nitrogens with zero attached hydrogens (tertiary/aromatic N) is 3. The number of piperidine rings is 1. The Labute approximate surface area is 221 Å². The van der Waals surface area contributed by atoms with Crippen molar-refractivity contribution in [1.29, 1.82) is 0 Å². The standard InChI is InChI=1S/C27H38F3N3O5/c1-24(2,3)38-23(36)31-10-7-26(8-11-31)6-5-9-33(26)17-19-14-20(27(28,29)30)16-21(15-19)32-12-13-37-25(4,18-32)22(34)35/h14-16H,5-13,17-18H2,1-4H3,(H,34,35). The van der Waals surface area contributed by atoms with Crippen LogP contribution < -0.4 is 4.90 Å². The van der Waals surface area contributed by atoms with E-state index in [1.165, 1.54) is 13.0 Å². The minimum absolute atomic E-state index is 0.0444. The number of anilines is 1. The van der Waals surface area contributed by atoms with Gasteiger partial charge in [-0.25, -0.2) is 9.59 Å². The SMILES string of the molecule is CC(C)(C)OC(=O)N1CCC2(CCCN2Cc2cc(N3CCOC(C)(C(=O)O)C3)cc(C(F)(F)F)c2)CC1. The third-order valence-corrected chi connectivity index (χ3v) is 7.86. The van der Waals surface area contributed by atoms with Crippen molar-refractivity contribution >= 4 is 17.7 Å². The fraction of sp³-hybridized carbons (Fsp3) is 0.704. The lowest BCUT2D eigenvalue weighted by Crippen LogP contribution is -2.55. The number of carboxylic acids is 1. The van der Waals surface area contributed by atoms with Crippen LogP contribution in [0, 0.1) is 0 Å². The summed E-state index contributed by atoms with van der Waals surface area (Å²) < 4.78 is 52.6. The van der Waals surface area contributed by atoms with Gasteiger partial charge < -0.3 is 24.4 Å². The van der Waals surface area contributed by atoms with Gasteiger partial charge in [0.25, 0.3) is 0 Å². The zero-order valence-corrected chi connectivity index (χ0v) is 22.6. The lowest BCUT2D eigenvalue weighted by atomic mass is 9.84. The molecule has 0 bridgehead atoms. The van der Waals surface area contributed by atoms with E-state index in [9.17, 15) is 27.9 Å². The molecule has 3 aliphatic heterocycles. The summed E-state index contributed by atoms with van der Waals surface area (Å²) in [5, 5.41) is 9.57. The number of aliphatic carboxylic acids is 1. The van der Waals surface area contributed by atoms with E-state index in [0.29, 0.717) is 37.4 Å². The highest BCUT2D eigenvalue weighted by atomic mass is 19.4. The summed E-state index contributed by atoms with van der Waals surface area (Å²) in [5.74, 6) is -1.15. The number of likely N-dealkylation sites (tertiary alicyclic amines) is 2. The molecule has 1 spiro atoms. The van der Waals surface area contributed by atoms with Crippen LogP contribution in [0.2, 0.25) is 0 Å². The quantitative estimate of drug-likeness (QED) is 0.589. The van der Waals surface area contributed by atoms with E-state index < -0.39 is 28.9 Å². The van der Waals surface area contributed by atoms with E-state index in [1.54, 1.807) is 15.9 Å². The molecule has 3 fully saturated rings. The number of amides is 1. The largest absolute Gasteiger partial charge is 0.479 e. The van der Waals surface area contributed by atoms with Gasteiger partial charge in [-0.3, -0.25) is 4.90 Å². The average Bonchev–Trinajstić information content (AvgIpc) is 3.18. The molecule has 1 aromatic rings. The van der Waals surface area contributed by atoms with E-state index in [2.05, 4.69) is 4.90 Å². The van der Waals surface area contributed by atoms with Crippen molar-refractivity contribution in [2.24, 2.45) is 0 Å². The number of hydrogen-bond acceptors (Lipinski definition) is 6. The van der Waals surface area contributed by atoms with Crippen LogP contribution in [0.4, 0.5) is 23.7 Å². The van der Waals surface area contributed by atoms with Crippen molar-refractivity contribution in [1.82, 2.24) is 9.80 Å². The third kappa shape index (κ3) is 6.20. The lowest BCUT2D eigenvalue weighted by molar-refractivity contribution is -0.164. The summed E-state index contributed by atoms with van der Waals surface area (Å²) in [6.07, 6.45) is -1.52. The van der Waals surface area contributed by atoms with Crippen molar-refractivity contribution in [3.63, 3.8) is 0 Å². The molecule has 0 aliphatic carbocycles. The highest BCUT2D eigenvalue weighted by Gasteiger charge is 2.45. The predicted molar refractivity (Wildman–Crippen MR) is 135 cm³/mol. The normalized spacial score (nSPS) is 24.6. The van der Waals surface area contributed by atoms with Crippen molar-refractivity contribution in [3.05, 3.63) is 29.3 Å². The molecule has 38 heavy (non-hydrogen) atoms. The summed E-state index contributed by atoms with van der Waals surface area (Å²) in [5.41, 5.74) is -2.11. The first-order chi connectivity index (χ1) is 17.6. The molecule has 0 saturated carbocycles. The second-order valence-corrected chi connectivity index (χ2v) is 11.9. The lowest BCUT2D eigenvalue weighted by Gasteiger charge is -2.45. The van der Waals surface area contributed by atoms with Crippen LogP contribution >= 0.6 is 0 Å². The van der Waals surface area contributed by atoms with Crippen molar-refractivity contribution in [2.75, 3.05) is 44.2 Å². The number of halogens is 3. The van der Waals surface area contributed by atoms with Crippen molar-refractivity contribution in [3.8, 4) is 0 Å². The summed E-state index contributed by atoms with van der Waals surface area (Å²) in [7, 11) is 0. The molecule has 212 valence electrons. The number of rotatable bonds is 4. The van der Waals surface area contributed by atoms with Crippen LogP contribution in [0.15, 0.2) is 18.2 Å². The average molecular weight is 542 g/mol. The zero-order valence-electron chi connectivity index (χ0n) is 22.6. The molecule has 0 radical (unpaired) electrons. The molecule has 3 saturated heterocycles. The molecule has 0 aromatic heterocycles. The van der Waals surface area contributed by atoms with Crippen LogP contribution in [0.1, 0.15) is 64.5 Å². The van der Waals surface area contributed by atoms with Crippen molar-refractivity contribution in [2.45, 2.75) is 82.8 Å². The van der Waals surface area contributed by atoms with Crippen molar-refractivity contribution < 1.29 is 37.3 Å². The Hall–Kier alpha value is -2.53. The molecule has 1 atom stereocenters. The maximum Gasteiger partial charge on any atom is 0.416 e. The molecular formula is C27H38F3N3O5. The Morgan fingerprint density at radius 2 is 1.74 bits per heavy atom. The van der Waals surface area contributed by atoms with Gasteiger partial charge in [-0.2, -0.15) is 13.2 Å². The Bertz CT molecular complexity index is 1050. The third-order valence-electron chi connectivity index (χ3n) is 7.86. The van der Waals surface area contributed by atoms with Gasteiger partial charge in [-0.05, 0) is 83.7 Å². The monoisotopic (exact) mass is 541 g/mol. The van der Waals surface area contributed by atoms with Gasteiger partial charge in [0.05, 0.1) is 18.7 Å².